The van der Waals surface area contributed by atoms with Crippen LogP contribution < -0.4 is 5.73 Å². The molecule has 3 N–H and O–H groups in total. The molecule has 0 radical (unpaired) electrons. The number of primary amides is 1. The summed E-state index contributed by atoms with van der Waals surface area (Å²) in [6.45, 7) is 8.21. The monoisotopic (exact) mass is 242 g/mol. The SMILES string of the molecule is CC(C)(C)[C@@]1(C)CC[C@H](C(N)=O)CN1C(=O)O. The summed E-state index contributed by atoms with van der Waals surface area (Å²) in [5, 5.41) is 9.31. The molecule has 1 fully saturated rings. The standard InChI is InChI=1S/C12H22N2O3/c1-11(2,3)12(4)6-5-8(9(13)15)7-14(12)10(16)17/h8H,5-7H2,1-4H3,(H2,13,15)(H,16,17)/t8-,12+/m0/s1. The molecule has 1 saturated heterocycles. The zero-order chi connectivity index (χ0) is 13.4. The molecular formula is C12H22N2O3. The fourth-order valence-electron chi connectivity index (χ4n) is 2.40. The summed E-state index contributed by atoms with van der Waals surface area (Å²) in [6, 6.07) is 0. The van der Waals surface area contributed by atoms with E-state index in [4.69, 9.17) is 5.73 Å². The number of carboxylic acid groups (broad SMARTS) is 1. The van der Waals surface area contributed by atoms with Crippen molar-refractivity contribution in [2.45, 2.75) is 46.1 Å². The van der Waals surface area contributed by atoms with Crippen molar-refractivity contribution in [3.8, 4) is 0 Å². The third-order valence-corrected chi connectivity index (χ3v) is 4.23. The van der Waals surface area contributed by atoms with Crippen molar-refractivity contribution in [1.29, 1.82) is 0 Å². The Balaban J connectivity index is 3.03. The number of likely N-dealkylation sites (tertiary alicyclic amines) is 1. The third kappa shape index (κ3) is 2.37. The lowest BCUT2D eigenvalue weighted by Gasteiger charge is -2.52. The third-order valence-electron chi connectivity index (χ3n) is 4.23. The van der Waals surface area contributed by atoms with Gasteiger partial charge in [0.2, 0.25) is 5.91 Å². The highest BCUT2D eigenvalue weighted by Crippen LogP contribution is 2.43. The number of nitrogens with zero attached hydrogens (tertiary/aromatic N) is 1. The Morgan fingerprint density at radius 3 is 2.29 bits per heavy atom. The smallest absolute Gasteiger partial charge is 0.407 e. The molecule has 0 aromatic rings. The van der Waals surface area contributed by atoms with Crippen LogP contribution in [0.15, 0.2) is 0 Å². The highest BCUT2D eigenvalue weighted by Gasteiger charge is 2.49. The molecule has 1 aliphatic rings. The fourth-order valence-corrected chi connectivity index (χ4v) is 2.40. The largest absolute Gasteiger partial charge is 0.465 e. The van der Waals surface area contributed by atoms with Crippen LogP contribution in [0.5, 0.6) is 0 Å². The van der Waals surface area contributed by atoms with E-state index >= 15 is 0 Å². The molecule has 0 spiro atoms. The van der Waals surface area contributed by atoms with Gasteiger partial charge in [-0.3, -0.25) is 4.79 Å². The molecule has 2 atom stereocenters. The van der Waals surface area contributed by atoms with E-state index in [0.717, 1.165) is 0 Å². The Morgan fingerprint density at radius 1 is 1.41 bits per heavy atom. The van der Waals surface area contributed by atoms with Crippen molar-refractivity contribution in [3.63, 3.8) is 0 Å². The summed E-state index contributed by atoms with van der Waals surface area (Å²) in [4.78, 5) is 23.9. The maximum Gasteiger partial charge on any atom is 0.407 e. The first-order valence-electron chi connectivity index (χ1n) is 5.89. The minimum absolute atomic E-state index is 0.173. The summed E-state index contributed by atoms with van der Waals surface area (Å²) in [6.07, 6.45) is 0.344. The Labute approximate surface area is 102 Å². The highest BCUT2D eigenvalue weighted by atomic mass is 16.4. The van der Waals surface area contributed by atoms with E-state index in [1.54, 1.807) is 0 Å². The average molecular weight is 242 g/mol. The number of piperidine rings is 1. The highest BCUT2D eigenvalue weighted by molar-refractivity contribution is 5.78. The topological polar surface area (TPSA) is 83.6 Å². The number of nitrogens with two attached hydrogens (primary N) is 1. The minimum atomic E-state index is -0.978. The normalized spacial score (nSPS) is 30.1. The van der Waals surface area contributed by atoms with E-state index in [1.807, 2.05) is 27.7 Å². The lowest BCUT2D eigenvalue weighted by atomic mass is 9.68. The van der Waals surface area contributed by atoms with E-state index < -0.39 is 17.5 Å². The number of carbonyl (C=O) groups is 2. The first-order chi connectivity index (χ1) is 7.59. The van der Waals surface area contributed by atoms with Gasteiger partial charge < -0.3 is 15.7 Å². The molecule has 0 aliphatic carbocycles. The van der Waals surface area contributed by atoms with Gasteiger partial charge in [-0.25, -0.2) is 4.79 Å². The van der Waals surface area contributed by atoms with Crippen LogP contribution >= 0.6 is 0 Å². The van der Waals surface area contributed by atoms with Gasteiger partial charge in [0, 0.05) is 12.1 Å². The zero-order valence-corrected chi connectivity index (χ0v) is 11.0. The number of hydrogen-bond donors (Lipinski definition) is 2. The summed E-state index contributed by atoms with van der Waals surface area (Å²) in [5.41, 5.74) is 4.64. The van der Waals surface area contributed by atoms with Crippen LogP contribution in [0.25, 0.3) is 0 Å². The van der Waals surface area contributed by atoms with Gasteiger partial charge in [-0.1, -0.05) is 20.8 Å². The molecule has 0 saturated carbocycles. The van der Waals surface area contributed by atoms with Gasteiger partial charge >= 0.3 is 6.09 Å². The lowest BCUT2D eigenvalue weighted by Crippen LogP contribution is -2.62. The van der Waals surface area contributed by atoms with Gasteiger partial charge in [-0.05, 0) is 25.2 Å². The molecule has 0 aromatic heterocycles. The Bertz CT molecular complexity index is 335. The van der Waals surface area contributed by atoms with Crippen molar-refractivity contribution < 1.29 is 14.7 Å². The Hall–Kier alpha value is -1.26. The van der Waals surface area contributed by atoms with Crippen molar-refractivity contribution in [2.24, 2.45) is 17.1 Å². The molecular weight excluding hydrogens is 220 g/mol. The Kier molecular flexibility index (Phi) is 3.41. The Morgan fingerprint density at radius 2 is 1.94 bits per heavy atom. The molecule has 1 aliphatic heterocycles. The number of hydrogen-bond acceptors (Lipinski definition) is 2. The van der Waals surface area contributed by atoms with Gasteiger partial charge in [0.1, 0.15) is 0 Å². The number of amides is 2. The van der Waals surface area contributed by atoms with Crippen LogP contribution in [-0.4, -0.2) is 34.1 Å². The molecule has 0 bridgehead atoms. The second-order valence-corrected chi connectivity index (χ2v) is 6.06. The van der Waals surface area contributed by atoms with Crippen LogP contribution in [0.3, 0.4) is 0 Å². The molecule has 1 rings (SSSR count). The van der Waals surface area contributed by atoms with E-state index in [9.17, 15) is 14.7 Å². The van der Waals surface area contributed by atoms with Crippen LogP contribution in [-0.2, 0) is 4.79 Å². The van der Waals surface area contributed by atoms with Crippen LogP contribution in [0.2, 0.25) is 0 Å². The maximum absolute atomic E-state index is 11.4. The van der Waals surface area contributed by atoms with Crippen LogP contribution in [0.4, 0.5) is 4.79 Å². The second kappa shape index (κ2) is 4.20. The molecule has 5 nitrogen and oxygen atoms in total. The van der Waals surface area contributed by atoms with Gasteiger partial charge in [0.05, 0.1) is 5.92 Å². The molecule has 1 heterocycles. The zero-order valence-electron chi connectivity index (χ0n) is 11.0. The molecule has 0 unspecified atom stereocenters. The molecule has 2 amide bonds. The van der Waals surface area contributed by atoms with Crippen molar-refractivity contribution >= 4 is 12.0 Å². The van der Waals surface area contributed by atoms with Crippen LogP contribution in [0.1, 0.15) is 40.5 Å². The first-order valence-corrected chi connectivity index (χ1v) is 5.89. The van der Waals surface area contributed by atoms with Gasteiger partial charge in [-0.15, -0.1) is 0 Å². The second-order valence-electron chi connectivity index (χ2n) is 6.06. The lowest BCUT2D eigenvalue weighted by molar-refractivity contribution is -0.126. The van der Waals surface area contributed by atoms with Crippen molar-refractivity contribution in [1.82, 2.24) is 4.90 Å². The fraction of sp³-hybridized carbons (Fsp3) is 0.833. The molecule has 5 heteroatoms. The summed E-state index contributed by atoms with van der Waals surface area (Å²) < 4.78 is 0. The van der Waals surface area contributed by atoms with E-state index in [-0.39, 0.29) is 17.9 Å². The van der Waals surface area contributed by atoms with Crippen molar-refractivity contribution in [3.05, 3.63) is 0 Å². The summed E-state index contributed by atoms with van der Waals surface area (Å²) in [7, 11) is 0. The van der Waals surface area contributed by atoms with Gasteiger partial charge in [0.25, 0.3) is 0 Å². The maximum atomic E-state index is 11.4. The first kappa shape index (κ1) is 13.8. The molecule has 17 heavy (non-hydrogen) atoms. The van der Waals surface area contributed by atoms with E-state index in [1.165, 1.54) is 4.90 Å². The number of carbonyl (C=O) groups excluding carboxylic acids is 1. The van der Waals surface area contributed by atoms with Crippen LogP contribution in [0, 0.1) is 11.3 Å². The molecule has 98 valence electrons. The van der Waals surface area contributed by atoms with Gasteiger partial charge in [-0.2, -0.15) is 0 Å². The summed E-state index contributed by atoms with van der Waals surface area (Å²) in [5.74, 6) is -0.770. The predicted octanol–water partition coefficient (Wildman–Crippen LogP) is 1.67. The van der Waals surface area contributed by atoms with E-state index in [0.29, 0.717) is 12.8 Å². The average Bonchev–Trinajstić information content (AvgIpc) is 2.15. The quantitative estimate of drug-likeness (QED) is 0.733. The summed E-state index contributed by atoms with van der Waals surface area (Å²) >= 11 is 0. The van der Waals surface area contributed by atoms with Crippen molar-refractivity contribution in [2.75, 3.05) is 6.54 Å². The number of rotatable bonds is 1. The van der Waals surface area contributed by atoms with E-state index in [2.05, 4.69) is 0 Å². The minimum Gasteiger partial charge on any atom is -0.465 e. The van der Waals surface area contributed by atoms with Gasteiger partial charge in [0.15, 0.2) is 0 Å². The molecule has 0 aromatic carbocycles. The predicted molar refractivity (Wildman–Crippen MR) is 64.5 cm³/mol.